The van der Waals surface area contributed by atoms with Crippen LogP contribution in [0.15, 0.2) is 66.9 Å². The van der Waals surface area contributed by atoms with Gasteiger partial charge >= 0.3 is 0 Å². The third kappa shape index (κ3) is 5.75. The van der Waals surface area contributed by atoms with E-state index in [9.17, 15) is 14.9 Å². The number of pyridine rings is 1. The minimum Gasteiger partial charge on any atom is -0.457 e. The molecule has 1 fully saturated rings. The molecule has 9 heteroatoms. The molecule has 0 aliphatic carbocycles. The Morgan fingerprint density at radius 3 is 2.34 bits per heavy atom. The molecule has 0 saturated carbocycles. The normalized spacial score (nSPS) is 15.7. The lowest BCUT2D eigenvalue weighted by Crippen LogP contribution is -2.50. The lowest BCUT2D eigenvalue weighted by atomic mass is 10.0. The Morgan fingerprint density at radius 2 is 1.77 bits per heavy atom. The van der Waals surface area contributed by atoms with Crippen molar-refractivity contribution in [2.24, 2.45) is 0 Å². The molecule has 35 heavy (non-hydrogen) atoms. The number of nitro groups is 1. The van der Waals surface area contributed by atoms with Crippen LogP contribution in [0.3, 0.4) is 0 Å². The summed E-state index contributed by atoms with van der Waals surface area (Å²) in [5.41, 5.74) is 1.98. The number of morpholine rings is 1. The van der Waals surface area contributed by atoms with Crippen LogP contribution >= 0.6 is 0 Å². The number of ether oxygens (including phenoxy) is 2. The molecule has 0 N–H and O–H groups in total. The summed E-state index contributed by atoms with van der Waals surface area (Å²) in [7, 11) is 0. The zero-order valence-electron chi connectivity index (χ0n) is 19.8. The van der Waals surface area contributed by atoms with Crippen molar-refractivity contribution in [3.63, 3.8) is 0 Å². The summed E-state index contributed by atoms with van der Waals surface area (Å²) in [6.45, 7) is 6.02. The van der Waals surface area contributed by atoms with Gasteiger partial charge in [-0.3, -0.25) is 14.9 Å². The van der Waals surface area contributed by atoms with Crippen LogP contribution in [0.25, 0.3) is 0 Å². The predicted octanol–water partition coefficient (Wildman–Crippen LogP) is 4.73. The number of hydrogen-bond donors (Lipinski definition) is 0. The second-order valence-electron chi connectivity index (χ2n) is 8.17. The number of carbonyl (C=O) groups is 1. The summed E-state index contributed by atoms with van der Waals surface area (Å²) in [5.74, 6) is 2.08. The van der Waals surface area contributed by atoms with Gasteiger partial charge in [0.2, 0.25) is 5.91 Å². The maximum atomic E-state index is 12.0. The van der Waals surface area contributed by atoms with Gasteiger partial charge in [-0.1, -0.05) is 12.1 Å². The SMILES string of the molecule is CCN(c1ccc(Oc2ccc(CC3COCC(=O)N3CC)cc2)cc1)c1ccc([N+](=O)[O-])cn1. The van der Waals surface area contributed by atoms with Crippen LogP contribution in [0.5, 0.6) is 11.5 Å². The number of amides is 1. The van der Waals surface area contributed by atoms with Gasteiger partial charge in [0.1, 0.15) is 30.1 Å². The Morgan fingerprint density at radius 1 is 1.09 bits per heavy atom. The van der Waals surface area contributed by atoms with Gasteiger partial charge in [-0.25, -0.2) is 4.98 Å². The minimum atomic E-state index is -0.461. The Kier molecular flexibility index (Phi) is 7.57. The summed E-state index contributed by atoms with van der Waals surface area (Å²) in [5, 5.41) is 10.9. The standard InChI is InChI=1S/C26H28N4O5/c1-3-28(25-14-9-21(16-27-25)30(32)33)20-7-12-24(13-8-20)35-23-10-5-19(6-11-23)15-22-17-34-18-26(31)29(22)4-2/h5-14,16,22H,3-4,15,17-18H2,1-2H3. The van der Waals surface area contributed by atoms with E-state index in [-0.39, 0.29) is 24.2 Å². The largest absolute Gasteiger partial charge is 0.457 e. The van der Waals surface area contributed by atoms with E-state index < -0.39 is 4.92 Å². The number of anilines is 2. The molecule has 1 saturated heterocycles. The van der Waals surface area contributed by atoms with Crippen molar-refractivity contribution in [3.05, 3.63) is 82.5 Å². The van der Waals surface area contributed by atoms with Gasteiger partial charge in [0.15, 0.2) is 0 Å². The Balaban J connectivity index is 1.39. The van der Waals surface area contributed by atoms with Crippen molar-refractivity contribution in [1.29, 1.82) is 0 Å². The van der Waals surface area contributed by atoms with Gasteiger partial charge in [-0.15, -0.1) is 0 Å². The molecule has 1 amide bonds. The molecule has 1 atom stereocenters. The first-order chi connectivity index (χ1) is 17.0. The summed E-state index contributed by atoms with van der Waals surface area (Å²) in [6.07, 6.45) is 2.00. The molecular formula is C26H28N4O5. The number of benzene rings is 2. The van der Waals surface area contributed by atoms with Gasteiger partial charge < -0.3 is 19.3 Å². The van der Waals surface area contributed by atoms with Gasteiger partial charge in [0, 0.05) is 24.8 Å². The fourth-order valence-corrected chi connectivity index (χ4v) is 4.18. The quantitative estimate of drug-likeness (QED) is 0.325. The van der Waals surface area contributed by atoms with E-state index in [0.717, 1.165) is 17.7 Å². The van der Waals surface area contributed by atoms with Crippen LogP contribution in [0, 0.1) is 10.1 Å². The molecule has 1 aliphatic rings. The van der Waals surface area contributed by atoms with E-state index in [1.165, 1.54) is 12.3 Å². The van der Waals surface area contributed by atoms with Crippen molar-refractivity contribution in [1.82, 2.24) is 9.88 Å². The maximum absolute atomic E-state index is 12.0. The number of rotatable bonds is 9. The summed E-state index contributed by atoms with van der Waals surface area (Å²) in [4.78, 5) is 30.5. The first-order valence-corrected chi connectivity index (χ1v) is 11.6. The fraction of sp³-hybridized carbons (Fsp3) is 0.308. The van der Waals surface area contributed by atoms with E-state index in [1.807, 2.05) is 72.2 Å². The molecule has 3 aromatic rings. The highest BCUT2D eigenvalue weighted by atomic mass is 16.6. The number of hydrogen-bond acceptors (Lipinski definition) is 7. The molecule has 0 bridgehead atoms. The average Bonchev–Trinajstić information content (AvgIpc) is 2.87. The molecule has 0 spiro atoms. The lowest BCUT2D eigenvalue weighted by Gasteiger charge is -2.34. The molecule has 2 aromatic carbocycles. The van der Waals surface area contributed by atoms with Crippen molar-refractivity contribution < 1.29 is 19.2 Å². The Labute approximate surface area is 204 Å². The van der Waals surface area contributed by atoms with E-state index in [4.69, 9.17) is 9.47 Å². The molecule has 1 unspecified atom stereocenters. The van der Waals surface area contributed by atoms with E-state index in [1.54, 1.807) is 6.07 Å². The Hall–Kier alpha value is -3.98. The van der Waals surface area contributed by atoms with Crippen LogP contribution < -0.4 is 9.64 Å². The van der Waals surface area contributed by atoms with Crippen molar-refractivity contribution >= 4 is 23.1 Å². The van der Waals surface area contributed by atoms with Gasteiger partial charge in [-0.2, -0.15) is 0 Å². The third-order valence-electron chi connectivity index (χ3n) is 5.95. The maximum Gasteiger partial charge on any atom is 0.287 e. The molecule has 1 aliphatic heterocycles. The smallest absolute Gasteiger partial charge is 0.287 e. The number of carbonyl (C=O) groups excluding carboxylic acids is 1. The van der Waals surface area contributed by atoms with Crippen molar-refractivity contribution in [2.75, 3.05) is 31.2 Å². The fourth-order valence-electron chi connectivity index (χ4n) is 4.18. The zero-order chi connectivity index (χ0) is 24.8. The summed E-state index contributed by atoms with van der Waals surface area (Å²) < 4.78 is 11.4. The monoisotopic (exact) mass is 476 g/mol. The van der Waals surface area contributed by atoms with Crippen LogP contribution in [0.4, 0.5) is 17.2 Å². The molecule has 2 heterocycles. The van der Waals surface area contributed by atoms with Crippen LogP contribution in [-0.4, -0.2) is 53.1 Å². The predicted molar refractivity (Wildman–Crippen MR) is 132 cm³/mol. The van der Waals surface area contributed by atoms with Crippen molar-refractivity contribution in [3.8, 4) is 11.5 Å². The second kappa shape index (κ2) is 11.0. The number of nitrogens with zero attached hydrogens (tertiary/aromatic N) is 4. The first-order valence-electron chi connectivity index (χ1n) is 11.6. The van der Waals surface area contributed by atoms with Crippen LogP contribution in [0.2, 0.25) is 0 Å². The third-order valence-corrected chi connectivity index (χ3v) is 5.95. The zero-order valence-corrected chi connectivity index (χ0v) is 19.8. The van der Waals surface area contributed by atoms with E-state index in [2.05, 4.69) is 4.98 Å². The van der Waals surface area contributed by atoms with E-state index in [0.29, 0.717) is 37.0 Å². The van der Waals surface area contributed by atoms with Gasteiger partial charge in [0.25, 0.3) is 5.69 Å². The van der Waals surface area contributed by atoms with Gasteiger partial charge in [-0.05, 0) is 68.3 Å². The Bertz CT molecular complexity index is 1150. The molecule has 4 rings (SSSR count). The van der Waals surface area contributed by atoms with Crippen LogP contribution in [-0.2, 0) is 16.0 Å². The number of likely N-dealkylation sites (N-methyl/N-ethyl adjacent to an activating group) is 1. The molecule has 182 valence electrons. The average molecular weight is 477 g/mol. The van der Waals surface area contributed by atoms with E-state index >= 15 is 0 Å². The lowest BCUT2D eigenvalue weighted by molar-refractivity contribution is -0.385. The highest BCUT2D eigenvalue weighted by molar-refractivity contribution is 5.78. The number of aromatic nitrogens is 1. The summed E-state index contributed by atoms with van der Waals surface area (Å²) >= 11 is 0. The topological polar surface area (TPSA) is 98.0 Å². The van der Waals surface area contributed by atoms with Crippen molar-refractivity contribution in [2.45, 2.75) is 26.3 Å². The first kappa shape index (κ1) is 24.2. The van der Waals surface area contributed by atoms with Gasteiger partial charge in [0.05, 0.1) is 17.6 Å². The molecule has 9 nitrogen and oxygen atoms in total. The highest BCUT2D eigenvalue weighted by Gasteiger charge is 2.27. The summed E-state index contributed by atoms with van der Waals surface area (Å²) in [6, 6.07) is 18.6. The molecule has 1 aromatic heterocycles. The minimum absolute atomic E-state index is 0.0391. The molecule has 0 radical (unpaired) electrons. The van der Waals surface area contributed by atoms with Crippen LogP contribution in [0.1, 0.15) is 19.4 Å². The highest BCUT2D eigenvalue weighted by Crippen LogP contribution is 2.29. The second-order valence-corrected chi connectivity index (χ2v) is 8.17. The molecular weight excluding hydrogens is 448 g/mol.